The first-order valence-electron chi connectivity index (χ1n) is 6.00. The molecule has 0 amide bonds. The standard InChI is InChI=1S/C13H20ClNO2/c1-3-4-5-16-6-7-17-13-9-12(10-14)8-11(2)15-13/h8-9H,3-7,10H2,1-2H3. The quantitative estimate of drug-likeness (QED) is 0.529. The Hall–Kier alpha value is -0.800. The first-order chi connectivity index (χ1) is 8.26. The number of unbranched alkanes of at least 4 members (excludes halogenated alkanes) is 1. The van der Waals surface area contributed by atoms with Gasteiger partial charge in [-0.2, -0.15) is 0 Å². The molecule has 0 spiro atoms. The number of halogens is 1. The number of pyridine rings is 1. The molecular weight excluding hydrogens is 238 g/mol. The van der Waals surface area contributed by atoms with Crippen LogP contribution < -0.4 is 4.74 Å². The molecule has 0 saturated heterocycles. The molecule has 0 aliphatic heterocycles. The van der Waals surface area contributed by atoms with Gasteiger partial charge in [0.2, 0.25) is 5.88 Å². The van der Waals surface area contributed by atoms with Gasteiger partial charge in [-0.25, -0.2) is 4.98 Å². The van der Waals surface area contributed by atoms with Gasteiger partial charge in [0.15, 0.2) is 0 Å². The maximum atomic E-state index is 5.78. The largest absolute Gasteiger partial charge is 0.475 e. The van der Waals surface area contributed by atoms with Crippen LogP contribution >= 0.6 is 11.6 Å². The Morgan fingerprint density at radius 2 is 2.06 bits per heavy atom. The van der Waals surface area contributed by atoms with Crippen LogP contribution in [0.1, 0.15) is 31.0 Å². The Morgan fingerprint density at radius 1 is 1.24 bits per heavy atom. The summed E-state index contributed by atoms with van der Waals surface area (Å²) in [5, 5.41) is 0. The lowest BCUT2D eigenvalue weighted by atomic mass is 10.2. The number of hydrogen-bond donors (Lipinski definition) is 0. The summed E-state index contributed by atoms with van der Waals surface area (Å²) < 4.78 is 10.9. The van der Waals surface area contributed by atoms with Crippen LogP contribution in [-0.4, -0.2) is 24.8 Å². The van der Waals surface area contributed by atoms with Crippen LogP contribution in [0.2, 0.25) is 0 Å². The maximum Gasteiger partial charge on any atom is 0.213 e. The number of rotatable bonds is 8. The number of ether oxygens (including phenoxy) is 2. The molecule has 0 N–H and O–H groups in total. The van der Waals surface area contributed by atoms with E-state index in [-0.39, 0.29) is 0 Å². The topological polar surface area (TPSA) is 31.4 Å². The lowest BCUT2D eigenvalue weighted by Crippen LogP contribution is -2.08. The van der Waals surface area contributed by atoms with E-state index in [1.54, 1.807) is 0 Å². The predicted octanol–water partition coefficient (Wildman–Crippen LogP) is 3.32. The van der Waals surface area contributed by atoms with Crippen molar-refractivity contribution in [3.05, 3.63) is 23.4 Å². The third-order valence-electron chi connectivity index (χ3n) is 2.26. The summed E-state index contributed by atoms with van der Waals surface area (Å²) in [6.07, 6.45) is 2.25. The highest BCUT2D eigenvalue weighted by atomic mass is 35.5. The number of aromatic nitrogens is 1. The SMILES string of the molecule is CCCCOCCOc1cc(CCl)cc(C)n1. The fraction of sp³-hybridized carbons (Fsp3) is 0.615. The molecule has 0 unspecified atom stereocenters. The van der Waals surface area contributed by atoms with Crippen molar-refractivity contribution in [1.82, 2.24) is 4.98 Å². The van der Waals surface area contributed by atoms with Crippen molar-refractivity contribution >= 4 is 11.6 Å². The van der Waals surface area contributed by atoms with Gasteiger partial charge in [0.05, 0.1) is 6.61 Å². The van der Waals surface area contributed by atoms with Crippen LogP contribution in [0.4, 0.5) is 0 Å². The van der Waals surface area contributed by atoms with Gasteiger partial charge in [-0.05, 0) is 25.0 Å². The van der Waals surface area contributed by atoms with Gasteiger partial charge >= 0.3 is 0 Å². The average molecular weight is 258 g/mol. The fourth-order valence-electron chi connectivity index (χ4n) is 1.41. The van der Waals surface area contributed by atoms with Gasteiger partial charge in [-0.3, -0.25) is 0 Å². The average Bonchev–Trinajstić information content (AvgIpc) is 2.33. The van der Waals surface area contributed by atoms with Crippen molar-refractivity contribution in [1.29, 1.82) is 0 Å². The van der Waals surface area contributed by atoms with E-state index in [1.165, 1.54) is 0 Å². The molecule has 17 heavy (non-hydrogen) atoms. The molecule has 1 aromatic rings. The molecule has 1 rings (SSSR count). The van der Waals surface area contributed by atoms with Crippen LogP contribution in [-0.2, 0) is 10.6 Å². The highest BCUT2D eigenvalue weighted by molar-refractivity contribution is 6.17. The third-order valence-corrected chi connectivity index (χ3v) is 2.57. The van der Waals surface area contributed by atoms with Gasteiger partial charge in [-0.1, -0.05) is 13.3 Å². The van der Waals surface area contributed by atoms with E-state index in [4.69, 9.17) is 21.1 Å². The molecule has 0 saturated carbocycles. The normalized spacial score (nSPS) is 10.5. The fourth-order valence-corrected chi connectivity index (χ4v) is 1.57. The molecule has 4 heteroatoms. The number of hydrogen-bond acceptors (Lipinski definition) is 3. The molecule has 1 aromatic heterocycles. The molecule has 0 aliphatic carbocycles. The summed E-state index contributed by atoms with van der Waals surface area (Å²) in [5.74, 6) is 1.10. The summed E-state index contributed by atoms with van der Waals surface area (Å²) >= 11 is 5.78. The highest BCUT2D eigenvalue weighted by Gasteiger charge is 2.00. The Bertz CT molecular complexity index is 331. The minimum absolute atomic E-state index is 0.479. The Balaban J connectivity index is 2.28. The number of aryl methyl sites for hydroxylation is 1. The molecule has 3 nitrogen and oxygen atoms in total. The van der Waals surface area contributed by atoms with E-state index >= 15 is 0 Å². The Morgan fingerprint density at radius 3 is 2.76 bits per heavy atom. The van der Waals surface area contributed by atoms with E-state index in [0.29, 0.717) is 25.0 Å². The second kappa shape index (κ2) is 8.31. The molecule has 0 fully saturated rings. The third kappa shape index (κ3) is 5.89. The summed E-state index contributed by atoms with van der Waals surface area (Å²) in [5.41, 5.74) is 1.95. The Labute approximate surface area is 108 Å². The first-order valence-corrected chi connectivity index (χ1v) is 6.53. The van der Waals surface area contributed by atoms with Crippen LogP contribution in [0.25, 0.3) is 0 Å². The van der Waals surface area contributed by atoms with E-state index in [0.717, 1.165) is 30.7 Å². The summed E-state index contributed by atoms with van der Waals surface area (Å²) in [6.45, 7) is 6.01. The zero-order chi connectivity index (χ0) is 12.5. The van der Waals surface area contributed by atoms with Crippen molar-refractivity contribution in [2.45, 2.75) is 32.6 Å². The van der Waals surface area contributed by atoms with Crippen LogP contribution in [0, 0.1) is 6.92 Å². The molecule has 0 aromatic carbocycles. The molecule has 0 atom stereocenters. The van der Waals surface area contributed by atoms with Gasteiger partial charge in [0.1, 0.15) is 6.61 Å². The minimum atomic E-state index is 0.479. The first kappa shape index (κ1) is 14.3. The zero-order valence-electron chi connectivity index (χ0n) is 10.5. The molecule has 1 heterocycles. The second-order valence-corrected chi connectivity index (χ2v) is 4.17. The summed E-state index contributed by atoms with van der Waals surface area (Å²) in [6, 6.07) is 3.82. The summed E-state index contributed by atoms with van der Waals surface area (Å²) in [7, 11) is 0. The molecule has 0 radical (unpaired) electrons. The second-order valence-electron chi connectivity index (χ2n) is 3.90. The zero-order valence-corrected chi connectivity index (χ0v) is 11.3. The van der Waals surface area contributed by atoms with Crippen molar-refractivity contribution in [3.8, 4) is 5.88 Å². The smallest absolute Gasteiger partial charge is 0.213 e. The van der Waals surface area contributed by atoms with Crippen molar-refractivity contribution in [2.75, 3.05) is 19.8 Å². The van der Waals surface area contributed by atoms with Crippen molar-refractivity contribution < 1.29 is 9.47 Å². The van der Waals surface area contributed by atoms with Crippen LogP contribution in [0.3, 0.4) is 0 Å². The lowest BCUT2D eigenvalue weighted by molar-refractivity contribution is 0.0964. The highest BCUT2D eigenvalue weighted by Crippen LogP contribution is 2.14. The molecular formula is C13H20ClNO2. The molecule has 0 bridgehead atoms. The Kier molecular flexibility index (Phi) is 6.97. The lowest BCUT2D eigenvalue weighted by Gasteiger charge is -2.08. The predicted molar refractivity (Wildman–Crippen MR) is 69.8 cm³/mol. The van der Waals surface area contributed by atoms with Gasteiger partial charge < -0.3 is 9.47 Å². The number of nitrogens with zero attached hydrogens (tertiary/aromatic N) is 1. The monoisotopic (exact) mass is 257 g/mol. The van der Waals surface area contributed by atoms with E-state index < -0.39 is 0 Å². The van der Waals surface area contributed by atoms with Gasteiger partial charge in [0.25, 0.3) is 0 Å². The van der Waals surface area contributed by atoms with E-state index in [9.17, 15) is 0 Å². The molecule has 96 valence electrons. The van der Waals surface area contributed by atoms with Crippen molar-refractivity contribution in [2.24, 2.45) is 0 Å². The van der Waals surface area contributed by atoms with Crippen LogP contribution in [0.5, 0.6) is 5.88 Å². The van der Waals surface area contributed by atoms with E-state index in [2.05, 4.69) is 11.9 Å². The van der Waals surface area contributed by atoms with Gasteiger partial charge in [-0.15, -0.1) is 11.6 Å². The maximum absolute atomic E-state index is 5.78. The van der Waals surface area contributed by atoms with E-state index in [1.807, 2.05) is 19.1 Å². The summed E-state index contributed by atoms with van der Waals surface area (Å²) in [4.78, 5) is 4.28. The minimum Gasteiger partial charge on any atom is -0.475 e. The van der Waals surface area contributed by atoms with Crippen molar-refractivity contribution in [3.63, 3.8) is 0 Å². The molecule has 0 aliphatic rings. The van der Waals surface area contributed by atoms with Crippen LogP contribution in [0.15, 0.2) is 12.1 Å². The number of alkyl halides is 1. The van der Waals surface area contributed by atoms with Gasteiger partial charge in [0, 0.05) is 24.2 Å².